The maximum Gasteiger partial charge on any atom is 0.258 e. The van der Waals surface area contributed by atoms with E-state index in [-0.39, 0.29) is 6.04 Å². The number of benzene rings is 1. The molecule has 5 heteroatoms. The zero-order chi connectivity index (χ0) is 12.4. The number of amides is 1. The minimum atomic E-state index is -0.644. The zero-order valence-electron chi connectivity index (χ0n) is 9.90. The molecule has 5 nitrogen and oxygen atoms in total. The Labute approximate surface area is 99.9 Å². The molecule has 0 saturated carbocycles. The molecule has 0 fully saturated rings. The normalized spacial score (nSPS) is 19.3. The molecular formula is C12H16N2O3. The van der Waals surface area contributed by atoms with E-state index in [0.29, 0.717) is 12.4 Å². The Balaban J connectivity index is 2.15. The van der Waals surface area contributed by atoms with E-state index in [0.717, 1.165) is 11.3 Å². The maximum atomic E-state index is 10.9. The summed E-state index contributed by atoms with van der Waals surface area (Å²) in [6.45, 7) is 2.23. The van der Waals surface area contributed by atoms with Crippen molar-refractivity contribution in [3.05, 3.63) is 23.8 Å². The summed E-state index contributed by atoms with van der Waals surface area (Å²) in [7, 11) is 1.89. The van der Waals surface area contributed by atoms with Crippen molar-refractivity contribution in [1.82, 2.24) is 5.32 Å². The van der Waals surface area contributed by atoms with Gasteiger partial charge in [0.2, 0.25) is 0 Å². The smallest absolute Gasteiger partial charge is 0.258 e. The van der Waals surface area contributed by atoms with E-state index in [2.05, 4.69) is 5.32 Å². The van der Waals surface area contributed by atoms with Gasteiger partial charge in [-0.1, -0.05) is 0 Å². The summed E-state index contributed by atoms with van der Waals surface area (Å²) in [6, 6.07) is 5.75. The van der Waals surface area contributed by atoms with Crippen LogP contribution in [0.1, 0.15) is 18.5 Å². The van der Waals surface area contributed by atoms with Gasteiger partial charge in [-0.2, -0.15) is 0 Å². The van der Waals surface area contributed by atoms with Gasteiger partial charge in [0, 0.05) is 11.6 Å². The molecule has 0 bridgehead atoms. The number of hydrogen-bond donors (Lipinski definition) is 2. The van der Waals surface area contributed by atoms with Crippen LogP contribution in [-0.2, 0) is 4.79 Å². The summed E-state index contributed by atoms with van der Waals surface area (Å²) in [4.78, 5) is 10.9. The van der Waals surface area contributed by atoms with E-state index < -0.39 is 12.0 Å². The van der Waals surface area contributed by atoms with E-state index in [9.17, 15) is 4.79 Å². The van der Waals surface area contributed by atoms with Crippen molar-refractivity contribution in [2.75, 3.05) is 13.7 Å². The van der Waals surface area contributed by atoms with Gasteiger partial charge in [0.25, 0.3) is 5.91 Å². The standard InChI is InChI=1S/C12H16N2O3/c1-7(12(13)15)17-8-3-4-9-10(14-2)6-16-11(9)5-8/h3-5,7,10,14H,6H2,1-2H3,(H2,13,15). The molecule has 0 aliphatic carbocycles. The third-order valence-corrected chi connectivity index (χ3v) is 2.83. The molecule has 92 valence electrons. The van der Waals surface area contributed by atoms with Crippen LogP contribution in [0.15, 0.2) is 18.2 Å². The summed E-state index contributed by atoms with van der Waals surface area (Å²) >= 11 is 0. The first-order chi connectivity index (χ1) is 8.11. The molecule has 1 aliphatic heterocycles. The number of ether oxygens (including phenoxy) is 2. The maximum absolute atomic E-state index is 10.9. The van der Waals surface area contributed by atoms with Crippen LogP contribution in [0.5, 0.6) is 11.5 Å². The molecule has 2 rings (SSSR count). The Morgan fingerprint density at radius 1 is 1.65 bits per heavy atom. The summed E-state index contributed by atoms with van der Waals surface area (Å²) in [6.07, 6.45) is -0.644. The van der Waals surface area contributed by atoms with Gasteiger partial charge in [-0.15, -0.1) is 0 Å². The van der Waals surface area contributed by atoms with Crippen LogP contribution in [0.25, 0.3) is 0 Å². The second-order valence-corrected chi connectivity index (χ2v) is 4.01. The van der Waals surface area contributed by atoms with Gasteiger partial charge in [0.1, 0.15) is 18.1 Å². The predicted molar refractivity (Wildman–Crippen MR) is 63.0 cm³/mol. The van der Waals surface area contributed by atoms with E-state index in [1.165, 1.54) is 0 Å². The predicted octanol–water partition coefficient (Wildman–Crippen LogP) is 0.592. The monoisotopic (exact) mass is 236 g/mol. The third-order valence-electron chi connectivity index (χ3n) is 2.83. The highest BCUT2D eigenvalue weighted by molar-refractivity contribution is 5.78. The first kappa shape index (κ1) is 11.7. The number of carbonyl (C=O) groups excluding carboxylic acids is 1. The number of primary amides is 1. The van der Waals surface area contributed by atoms with Crippen molar-refractivity contribution >= 4 is 5.91 Å². The molecule has 0 spiro atoms. The Morgan fingerprint density at radius 2 is 2.41 bits per heavy atom. The first-order valence-electron chi connectivity index (χ1n) is 5.52. The fraction of sp³-hybridized carbons (Fsp3) is 0.417. The van der Waals surface area contributed by atoms with Crippen LogP contribution >= 0.6 is 0 Å². The fourth-order valence-corrected chi connectivity index (χ4v) is 1.76. The lowest BCUT2D eigenvalue weighted by Gasteiger charge is -2.12. The van der Waals surface area contributed by atoms with Crippen molar-refractivity contribution in [2.24, 2.45) is 5.73 Å². The quantitative estimate of drug-likeness (QED) is 0.802. The molecule has 1 aromatic carbocycles. The lowest BCUT2D eigenvalue weighted by molar-refractivity contribution is -0.123. The summed E-state index contributed by atoms with van der Waals surface area (Å²) in [5, 5.41) is 3.16. The summed E-state index contributed by atoms with van der Waals surface area (Å²) < 4.78 is 10.9. The summed E-state index contributed by atoms with van der Waals surface area (Å²) in [5.41, 5.74) is 6.24. The number of likely N-dealkylation sites (N-methyl/N-ethyl adjacent to an activating group) is 1. The molecule has 0 saturated heterocycles. The van der Waals surface area contributed by atoms with E-state index in [1.807, 2.05) is 19.2 Å². The second kappa shape index (κ2) is 4.63. The number of fused-ring (bicyclic) bond motifs is 1. The SMILES string of the molecule is CNC1COc2cc(OC(C)C(N)=O)ccc21. The van der Waals surface area contributed by atoms with Crippen molar-refractivity contribution in [1.29, 1.82) is 0 Å². The second-order valence-electron chi connectivity index (χ2n) is 4.01. The molecule has 2 unspecified atom stereocenters. The van der Waals surface area contributed by atoms with Crippen LogP contribution in [0, 0.1) is 0 Å². The van der Waals surface area contributed by atoms with Crippen LogP contribution < -0.4 is 20.5 Å². The largest absolute Gasteiger partial charge is 0.491 e. The Hall–Kier alpha value is -1.75. The van der Waals surface area contributed by atoms with Crippen LogP contribution in [-0.4, -0.2) is 25.7 Å². The number of carbonyl (C=O) groups is 1. The van der Waals surface area contributed by atoms with Gasteiger partial charge in [-0.25, -0.2) is 0 Å². The minimum Gasteiger partial charge on any atom is -0.491 e. The van der Waals surface area contributed by atoms with Crippen molar-refractivity contribution in [3.8, 4) is 11.5 Å². The minimum absolute atomic E-state index is 0.215. The van der Waals surface area contributed by atoms with Crippen molar-refractivity contribution in [3.63, 3.8) is 0 Å². The molecular weight excluding hydrogens is 220 g/mol. The highest BCUT2D eigenvalue weighted by Gasteiger charge is 2.23. The van der Waals surface area contributed by atoms with Crippen LogP contribution in [0.3, 0.4) is 0 Å². The lowest BCUT2D eigenvalue weighted by Crippen LogP contribution is -2.30. The number of rotatable bonds is 4. The summed E-state index contributed by atoms with van der Waals surface area (Å²) in [5.74, 6) is 0.893. The highest BCUT2D eigenvalue weighted by atomic mass is 16.5. The first-order valence-corrected chi connectivity index (χ1v) is 5.52. The van der Waals surface area contributed by atoms with E-state index in [1.54, 1.807) is 13.0 Å². The molecule has 0 radical (unpaired) electrons. The van der Waals surface area contributed by atoms with Crippen LogP contribution in [0.2, 0.25) is 0 Å². The highest BCUT2D eigenvalue weighted by Crippen LogP contribution is 2.35. The topological polar surface area (TPSA) is 73.6 Å². The van der Waals surface area contributed by atoms with E-state index in [4.69, 9.17) is 15.2 Å². The Bertz CT molecular complexity index is 434. The molecule has 3 N–H and O–H groups in total. The number of hydrogen-bond acceptors (Lipinski definition) is 4. The van der Waals surface area contributed by atoms with Gasteiger partial charge < -0.3 is 20.5 Å². The van der Waals surface area contributed by atoms with Gasteiger partial charge in [-0.3, -0.25) is 4.79 Å². The average molecular weight is 236 g/mol. The van der Waals surface area contributed by atoms with Gasteiger partial charge in [-0.05, 0) is 26.1 Å². The average Bonchev–Trinajstić information content (AvgIpc) is 2.71. The lowest BCUT2D eigenvalue weighted by atomic mass is 10.1. The van der Waals surface area contributed by atoms with Crippen LogP contribution in [0.4, 0.5) is 0 Å². The third kappa shape index (κ3) is 2.34. The molecule has 2 atom stereocenters. The van der Waals surface area contributed by atoms with Gasteiger partial charge in [0.05, 0.1) is 6.04 Å². The number of nitrogens with two attached hydrogens (primary N) is 1. The molecule has 1 amide bonds. The number of nitrogens with one attached hydrogen (secondary N) is 1. The molecule has 17 heavy (non-hydrogen) atoms. The zero-order valence-corrected chi connectivity index (χ0v) is 9.90. The molecule has 0 aromatic heterocycles. The van der Waals surface area contributed by atoms with Crippen molar-refractivity contribution < 1.29 is 14.3 Å². The Kier molecular flexibility index (Phi) is 3.19. The van der Waals surface area contributed by atoms with Gasteiger partial charge in [0.15, 0.2) is 6.10 Å². The molecule has 1 aliphatic rings. The fourth-order valence-electron chi connectivity index (χ4n) is 1.76. The van der Waals surface area contributed by atoms with Gasteiger partial charge >= 0.3 is 0 Å². The van der Waals surface area contributed by atoms with E-state index >= 15 is 0 Å². The molecule has 1 heterocycles. The Morgan fingerprint density at radius 3 is 3.06 bits per heavy atom. The van der Waals surface area contributed by atoms with Crippen molar-refractivity contribution in [2.45, 2.75) is 19.1 Å². The molecule has 1 aromatic rings.